The smallest absolute Gasteiger partial charge is 0.341 e. The summed E-state index contributed by atoms with van der Waals surface area (Å²) in [5, 5.41) is 10.0. The Morgan fingerprint density at radius 3 is 2.04 bits per heavy atom. The van der Waals surface area contributed by atoms with Crippen molar-refractivity contribution in [3.8, 4) is 0 Å². The Morgan fingerprint density at radius 2 is 1.68 bits per heavy atom. The Balaban J connectivity index is 0.000000535. The average Bonchev–Trinajstić information content (AvgIpc) is 2.52. The lowest BCUT2D eigenvalue weighted by atomic mass is 10.1. The van der Waals surface area contributed by atoms with Gasteiger partial charge in [-0.25, -0.2) is 4.79 Å². The lowest BCUT2D eigenvalue weighted by Gasteiger charge is -2.23. The molecule has 0 saturated heterocycles. The van der Waals surface area contributed by atoms with Crippen molar-refractivity contribution < 1.29 is 28.8 Å². The molecule has 0 bridgehead atoms. The lowest BCUT2D eigenvalue weighted by molar-refractivity contribution is -0.384. The van der Waals surface area contributed by atoms with Gasteiger partial charge in [-0.05, 0) is 20.8 Å². The van der Waals surface area contributed by atoms with Crippen molar-refractivity contribution in [2.24, 2.45) is 0 Å². The lowest BCUT2D eigenvalue weighted by Crippen LogP contribution is -2.34. The quantitative estimate of drug-likeness (QED) is 0.193. The summed E-state index contributed by atoms with van der Waals surface area (Å²) in [6, 6.07) is 7.93. The zero-order valence-electron chi connectivity index (χ0n) is 14.6. The minimum absolute atomic E-state index is 0.127. The number of Topliss-reactive ketones (excluding diaryl/α,β-unsaturated/α-hetero) is 1. The summed E-state index contributed by atoms with van der Waals surface area (Å²) in [6.07, 6.45) is 0. The number of rotatable bonds is 6. The zero-order chi connectivity index (χ0) is 19.6. The van der Waals surface area contributed by atoms with Crippen LogP contribution in [0.1, 0.15) is 27.7 Å². The zero-order valence-corrected chi connectivity index (χ0v) is 14.6. The molecule has 0 radical (unpaired) electrons. The second-order valence-corrected chi connectivity index (χ2v) is 5.56. The molecule has 0 amide bonds. The first kappa shape index (κ1) is 22.0. The van der Waals surface area contributed by atoms with Crippen molar-refractivity contribution >= 4 is 23.4 Å². The molecule has 0 aromatic heterocycles. The number of esters is 2. The van der Waals surface area contributed by atoms with E-state index in [9.17, 15) is 24.5 Å². The highest BCUT2D eigenvalue weighted by molar-refractivity contribution is 6.15. The van der Waals surface area contributed by atoms with Crippen molar-refractivity contribution in [1.29, 1.82) is 0 Å². The highest BCUT2D eigenvalue weighted by Gasteiger charge is 2.24. The van der Waals surface area contributed by atoms with Crippen LogP contribution in [0.2, 0.25) is 0 Å². The van der Waals surface area contributed by atoms with E-state index in [1.165, 1.54) is 26.0 Å². The van der Waals surface area contributed by atoms with E-state index >= 15 is 0 Å². The molecule has 1 aromatic rings. The highest BCUT2D eigenvalue weighted by atomic mass is 16.6. The Hall–Kier alpha value is -3.03. The first-order valence-corrected chi connectivity index (χ1v) is 7.22. The maximum absolute atomic E-state index is 11.2. The second kappa shape index (κ2) is 9.96. The van der Waals surface area contributed by atoms with Crippen LogP contribution >= 0.6 is 0 Å². The SMILES string of the molecule is C=C(C(C)=O)C(=O)OCC(C)(C)OC(C)=O.O=[N+]([O-])c1ccccc1. The standard InChI is InChI=1S/C11H16O5.C6H5NO2/c1-7(8(2)12)10(14)15-6-11(4,5)16-9(3)13;8-7(9)6-4-2-1-3-5-6/h1,6H2,2-5H3;1-5H. The predicted octanol–water partition coefficient (Wildman–Crippen LogP) is 2.61. The van der Waals surface area contributed by atoms with Crippen molar-refractivity contribution in [2.45, 2.75) is 33.3 Å². The summed E-state index contributed by atoms with van der Waals surface area (Å²) in [5.41, 5.74) is -1.01. The molecule has 0 aliphatic rings. The summed E-state index contributed by atoms with van der Waals surface area (Å²) >= 11 is 0. The van der Waals surface area contributed by atoms with Crippen molar-refractivity contribution in [3.05, 3.63) is 52.6 Å². The molecule has 1 rings (SSSR count). The van der Waals surface area contributed by atoms with Crippen LogP contribution in [0.5, 0.6) is 0 Å². The molecular weight excluding hydrogens is 330 g/mol. The molecule has 0 heterocycles. The molecule has 0 aliphatic heterocycles. The molecule has 136 valence electrons. The van der Waals surface area contributed by atoms with E-state index in [0.29, 0.717) is 0 Å². The monoisotopic (exact) mass is 351 g/mol. The van der Waals surface area contributed by atoms with E-state index < -0.39 is 28.2 Å². The van der Waals surface area contributed by atoms with Gasteiger partial charge in [0.05, 0.1) is 10.5 Å². The molecule has 0 saturated carbocycles. The number of ether oxygens (including phenoxy) is 2. The van der Waals surface area contributed by atoms with Crippen LogP contribution in [0, 0.1) is 10.1 Å². The average molecular weight is 351 g/mol. The molecule has 8 heteroatoms. The van der Waals surface area contributed by atoms with Crippen LogP contribution in [0.3, 0.4) is 0 Å². The third-order valence-corrected chi connectivity index (χ3v) is 2.61. The Morgan fingerprint density at radius 1 is 1.16 bits per heavy atom. The van der Waals surface area contributed by atoms with E-state index in [-0.39, 0.29) is 17.9 Å². The number of carbonyl (C=O) groups excluding carboxylic acids is 3. The van der Waals surface area contributed by atoms with Gasteiger partial charge in [-0.1, -0.05) is 24.8 Å². The number of carbonyl (C=O) groups is 3. The minimum atomic E-state index is -0.918. The van der Waals surface area contributed by atoms with Gasteiger partial charge in [0.25, 0.3) is 5.69 Å². The Kier molecular flexibility index (Phi) is 8.76. The van der Waals surface area contributed by atoms with Crippen molar-refractivity contribution in [1.82, 2.24) is 0 Å². The van der Waals surface area contributed by atoms with Crippen LogP contribution in [-0.4, -0.2) is 34.9 Å². The van der Waals surface area contributed by atoms with E-state index in [4.69, 9.17) is 9.47 Å². The van der Waals surface area contributed by atoms with Crippen LogP contribution in [-0.2, 0) is 23.9 Å². The van der Waals surface area contributed by atoms with Gasteiger partial charge >= 0.3 is 11.9 Å². The third kappa shape index (κ3) is 9.65. The van der Waals surface area contributed by atoms with Crippen LogP contribution < -0.4 is 0 Å². The second-order valence-electron chi connectivity index (χ2n) is 5.56. The van der Waals surface area contributed by atoms with Gasteiger partial charge in [0.1, 0.15) is 12.2 Å². The fraction of sp³-hybridized carbons (Fsp3) is 0.353. The first-order valence-electron chi connectivity index (χ1n) is 7.22. The molecule has 0 aliphatic carbocycles. The number of benzene rings is 1. The third-order valence-electron chi connectivity index (χ3n) is 2.61. The van der Waals surface area contributed by atoms with Gasteiger partial charge in [-0.2, -0.15) is 0 Å². The fourth-order valence-electron chi connectivity index (χ4n) is 1.44. The molecule has 25 heavy (non-hydrogen) atoms. The van der Waals surface area contributed by atoms with E-state index in [0.717, 1.165) is 0 Å². The molecule has 0 fully saturated rings. The maximum Gasteiger partial charge on any atom is 0.341 e. The van der Waals surface area contributed by atoms with Crippen molar-refractivity contribution in [2.75, 3.05) is 6.61 Å². The molecule has 1 aromatic carbocycles. The minimum Gasteiger partial charge on any atom is -0.458 e. The van der Waals surface area contributed by atoms with Crippen LogP contribution in [0.25, 0.3) is 0 Å². The fourth-order valence-corrected chi connectivity index (χ4v) is 1.44. The van der Waals surface area contributed by atoms with Gasteiger partial charge in [0.15, 0.2) is 5.78 Å². The molecule has 0 spiro atoms. The number of ketones is 1. The van der Waals surface area contributed by atoms with Gasteiger partial charge in [-0.15, -0.1) is 0 Å². The first-order chi connectivity index (χ1) is 11.5. The maximum atomic E-state index is 11.2. The van der Waals surface area contributed by atoms with Crippen LogP contribution in [0.15, 0.2) is 42.5 Å². The number of para-hydroxylation sites is 1. The molecule has 8 nitrogen and oxygen atoms in total. The van der Waals surface area contributed by atoms with E-state index in [1.54, 1.807) is 32.0 Å². The van der Waals surface area contributed by atoms with Gasteiger partial charge in [0, 0.05) is 19.1 Å². The summed E-state index contributed by atoms with van der Waals surface area (Å²) in [4.78, 5) is 42.3. The van der Waals surface area contributed by atoms with Gasteiger partial charge < -0.3 is 9.47 Å². The number of hydrogen-bond acceptors (Lipinski definition) is 7. The highest BCUT2D eigenvalue weighted by Crippen LogP contribution is 2.11. The number of nitro benzene ring substituents is 1. The topological polar surface area (TPSA) is 113 Å². The largest absolute Gasteiger partial charge is 0.458 e. The number of nitrogens with zero attached hydrogens (tertiary/aromatic N) is 1. The summed E-state index contributed by atoms with van der Waals surface area (Å²) in [7, 11) is 0. The molecule has 0 N–H and O–H groups in total. The van der Waals surface area contributed by atoms with Crippen molar-refractivity contribution in [3.63, 3.8) is 0 Å². The summed E-state index contributed by atoms with van der Waals surface area (Å²) in [6.45, 7) is 8.83. The molecule has 0 unspecified atom stereocenters. The van der Waals surface area contributed by atoms with E-state index in [1.807, 2.05) is 0 Å². The summed E-state index contributed by atoms with van der Waals surface area (Å²) < 4.78 is 9.69. The van der Waals surface area contributed by atoms with E-state index in [2.05, 4.69) is 6.58 Å². The van der Waals surface area contributed by atoms with Gasteiger partial charge in [0.2, 0.25) is 0 Å². The number of non-ortho nitro benzene ring substituents is 1. The Bertz CT molecular complexity index is 650. The number of nitro groups is 1. The Labute approximate surface area is 145 Å². The number of hydrogen-bond donors (Lipinski definition) is 0. The normalized spacial score (nSPS) is 9.92. The summed E-state index contributed by atoms with van der Waals surface area (Å²) in [5.74, 6) is -1.71. The molecular formula is C17H21NO7. The molecule has 0 atom stereocenters. The predicted molar refractivity (Wildman–Crippen MR) is 89.7 cm³/mol. The van der Waals surface area contributed by atoms with Gasteiger partial charge in [-0.3, -0.25) is 19.7 Å². The van der Waals surface area contributed by atoms with Crippen LogP contribution in [0.4, 0.5) is 5.69 Å².